The number of carbonyl (C=O) groups is 1. The molecule has 0 fully saturated rings. The molecule has 0 aliphatic rings. The quantitative estimate of drug-likeness (QED) is 0.238. The Morgan fingerprint density at radius 1 is 1.06 bits per heavy atom. The smallest absolute Gasteiger partial charge is 0.253 e. The molecule has 2 aromatic rings. The number of hydrogen-bond acceptors (Lipinski definition) is 2. The highest BCUT2D eigenvalue weighted by Crippen LogP contribution is 2.24. The lowest BCUT2D eigenvalue weighted by Gasteiger charge is -2.19. The summed E-state index contributed by atoms with van der Waals surface area (Å²) in [6, 6.07) is 9.47. The van der Waals surface area contributed by atoms with Crippen molar-refractivity contribution in [3.63, 3.8) is 0 Å². The number of amides is 1. The molecule has 174 valence electrons. The third kappa shape index (κ3) is 7.11. The van der Waals surface area contributed by atoms with Crippen LogP contribution in [0.5, 0.6) is 0 Å². The third-order valence-corrected chi connectivity index (χ3v) is 5.39. The van der Waals surface area contributed by atoms with E-state index in [4.69, 9.17) is 0 Å². The van der Waals surface area contributed by atoms with E-state index >= 15 is 0 Å². The van der Waals surface area contributed by atoms with Gasteiger partial charge in [-0.15, -0.1) is 0 Å². The molecule has 0 aliphatic heterocycles. The predicted molar refractivity (Wildman–Crippen MR) is 139 cm³/mol. The van der Waals surface area contributed by atoms with E-state index in [0.717, 1.165) is 44.8 Å². The highest BCUT2D eigenvalue weighted by Gasteiger charge is 2.16. The van der Waals surface area contributed by atoms with Crippen molar-refractivity contribution in [1.29, 1.82) is 0 Å². The Bertz CT molecular complexity index is 1150. The van der Waals surface area contributed by atoms with Crippen LogP contribution in [0.1, 0.15) is 55.5 Å². The molecule has 4 heteroatoms. The average Bonchev–Trinajstić information content (AvgIpc) is 2.70. The number of hydrogen-bond donors (Lipinski definition) is 0. The van der Waals surface area contributed by atoms with E-state index in [2.05, 4.69) is 30.3 Å². The molecule has 33 heavy (non-hydrogen) atoms. The summed E-state index contributed by atoms with van der Waals surface area (Å²) in [5.74, 6) is -0.554. The first-order valence-electron chi connectivity index (χ1n) is 11.1. The molecular weight excluding hydrogens is 411 g/mol. The molecule has 0 saturated carbocycles. The molecule has 0 unspecified atom stereocenters. The highest BCUT2D eigenvalue weighted by atomic mass is 19.1. The van der Waals surface area contributed by atoms with Crippen molar-refractivity contribution in [3.8, 4) is 0 Å². The number of rotatable bonds is 8. The molecule has 0 N–H and O–H groups in total. The van der Waals surface area contributed by atoms with Crippen LogP contribution in [-0.2, 0) is 17.8 Å². The van der Waals surface area contributed by atoms with Crippen LogP contribution >= 0.6 is 0 Å². The van der Waals surface area contributed by atoms with Gasteiger partial charge in [0.25, 0.3) is 5.91 Å². The number of likely N-dealkylation sites (N-methyl/N-ethyl adjacent to an activating group) is 1. The third-order valence-electron chi connectivity index (χ3n) is 5.39. The summed E-state index contributed by atoms with van der Waals surface area (Å²) >= 11 is 0. The summed E-state index contributed by atoms with van der Waals surface area (Å²) in [6.45, 7) is 19.8. The molecular formula is C29H35FN2O. The van der Waals surface area contributed by atoms with Gasteiger partial charge < -0.3 is 4.90 Å². The summed E-state index contributed by atoms with van der Waals surface area (Å²) in [4.78, 5) is 18.9. The van der Waals surface area contributed by atoms with E-state index in [1.807, 2.05) is 47.6 Å². The van der Waals surface area contributed by atoms with Gasteiger partial charge in [-0.1, -0.05) is 42.5 Å². The van der Waals surface area contributed by atoms with Crippen LogP contribution in [0, 0.1) is 19.7 Å². The highest BCUT2D eigenvalue weighted by molar-refractivity contribution is 5.95. The van der Waals surface area contributed by atoms with Crippen molar-refractivity contribution in [1.82, 2.24) is 4.90 Å². The molecule has 0 saturated heterocycles. The maximum Gasteiger partial charge on any atom is 0.253 e. The van der Waals surface area contributed by atoms with Crippen LogP contribution in [-0.4, -0.2) is 23.6 Å². The topological polar surface area (TPSA) is 32.7 Å². The van der Waals surface area contributed by atoms with Crippen molar-refractivity contribution < 1.29 is 9.18 Å². The van der Waals surface area contributed by atoms with Crippen LogP contribution in [0.15, 0.2) is 65.7 Å². The number of aliphatic imine (C=N–C) groups is 1. The standard InChI is InChI=1S/C29H35FN2O/c1-18(2)26-16-25(27(30)15-21(26)6)17-32(9)29(33)23(8)12-20(5)13-24-10-11-28(22(7)14-24)31-19(3)4/h10-12,14-16H,1,8,13,17H2,2-7,9H3/b20-12+. The van der Waals surface area contributed by atoms with Crippen molar-refractivity contribution in [2.75, 3.05) is 7.05 Å². The predicted octanol–water partition coefficient (Wildman–Crippen LogP) is 7.29. The minimum atomic E-state index is -0.323. The van der Waals surface area contributed by atoms with Gasteiger partial charge in [0.05, 0.1) is 5.69 Å². The van der Waals surface area contributed by atoms with E-state index in [1.165, 1.54) is 11.0 Å². The Hall–Kier alpha value is -3.27. The van der Waals surface area contributed by atoms with E-state index in [0.29, 0.717) is 17.6 Å². The minimum Gasteiger partial charge on any atom is -0.337 e. The first kappa shape index (κ1) is 26.0. The van der Waals surface area contributed by atoms with Crippen LogP contribution in [0.2, 0.25) is 0 Å². The number of carbonyl (C=O) groups excluding carboxylic acids is 1. The fraction of sp³-hybridized carbons (Fsp3) is 0.310. The van der Waals surface area contributed by atoms with Gasteiger partial charge in [-0.05, 0) is 88.4 Å². The zero-order chi connectivity index (χ0) is 24.9. The molecule has 0 atom stereocenters. The van der Waals surface area contributed by atoms with E-state index in [-0.39, 0.29) is 18.3 Å². The number of benzene rings is 2. The van der Waals surface area contributed by atoms with E-state index < -0.39 is 0 Å². The van der Waals surface area contributed by atoms with Crippen LogP contribution in [0.3, 0.4) is 0 Å². The second kappa shape index (κ2) is 11.0. The Kier molecular flexibility index (Phi) is 8.69. The number of aryl methyl sites for hydroxylation is 2. The van der Waals surface area contributed by atoms with E-state index in [9.17, 15) is 9.18 Å². The monoisotopic (exact) mass is 446 g/mol. The van der Waals surface area contributed by atoms with E-state index in [1.54, 1.807) is 19.2 Å². The van der Waals surface area contributed by atoms with Crippen molar-refractivity contribution >= 4 is 22.9 Å². The molecule has 2 aromatic carbocycles. The number of allylic oxidation sites excluding steroid dienone is 2. The summed E-state index contributed by atoms with van der Waals surface area (Å²) in [6.07, 6.45) is 2.52. The van der Waals surface area contributed by atoms with Gasteiger partial charge in [0.1, 0.15) is 5.82 Å². The van der Waals surface area contributed by atoms with Crippen LogP contribution in [0.4, 0.5) is 10.1 Å². The molecule has 0 spiro atoms. The lowest BCUT2D eigenvalue weighted by atomic mass is 9.99. The first-order chi connectivity index (χ1) is 15.4. The lowest BCUT2D eigenvalue weighted by molar-refractivity contribution is -0.126. The fourth-order valence-electron chi connectivity index (χ4n) is 3.80. The Morgan fingerprint density at radius 2 is 1.73 bits per heavy atom. The minimum absolute atomic E-state index is 0.162. The SMILES string of the molecule is C=C(/C=C(\C)Cc1ccc(N=C(C)C)c(C)c1)C(=O)N(C)Cc1cc(C(=C)C)c(C)cc1F. The molecule has 0 aliphatic carbocycles. The maximum absolute atomic E-state index is 14.5. The van der Waals surface area contributed by atoms with Crippen molar-refractivity contribution in [3.05, 3.63) is 94.3 Å². The second-order valence-corrected chi connectivity index (χ2v) is 9.07. The molecule has 3 nitrogen and oxygen atoms in total. The van der Waals surface area contributed by atoms with Crippen molar-refractivity contribution in [2.24, 2.45) is 4.99 Å². The van der Waals surface area contributed by atoms with Gasteiger partial charge in [0, 0.05) is 30.4 Å². The average molecular weight is 447 g/mol. The van der Waals surface area contributed by atoms with Crippen molar-refractivity contribution in [2.45, 2.75) is 54.5 Å². The summed E-state index contributed by atoms with van der Waals surface area (Å²) < 4.78 is 14.5. The zero-order valence-electron chi connectivity index (χ0n) is 21.0. The zero-order valence-corrected chi connectivity index (χ0v) is 21.0. The Balaban J connectivity index is 2.11. The van der Waals surface area contributed by atoms with Gasteiger partial charge in [-0.25, -0.2) is 4.39 Å². The summed E-state index contributed by atoms with van der Waals surface area (Å²) in [7, 11) is 1.66. The maximum atomic E-state index is 14.5. The van der Waals surface area contributed by atoms with Gasteiger partial charge in [-0.2, -0.15) is 0 Å². The van der Waals surface area contributed by atoms with Gasteiger partial charge in [0.15, 0.2) is 0 Å². The normalized spacial score (nSPS) is 11.2. The largest absolute Gasteiger partial charge is 0.337 e. The van der Waals surface area contributed by atoms with Gasteiger partial charge >= 0.3 is 0 Å². The van der Waals surface area contributed by atoms with Gasteiger partial charge in [0.2, 0.25) is 0 Å². The lowest BCUT2D eigenvalue weighted by Crippen LogP contribution is -2.27. The molecule has 0 aromatic heterocycles. The van der Waals surface area contributed by atoms with Gasteiger partial charge in [-0.3, -0.25) is 9.79 Å². The molecule has 0 bridgehead atoms. The Morgan fingerprint density at radius 3 is 2.30 bits per heavy atom. The Labute approximate surface area is 198 Å². The van der Waals surface area contributed by atoms with Crippen LogP contribution < -0.4 is 0 Å². The summed E-state index contributed by atoms with van der Waals surface area (Å²) in [5, 5.41) is 0. The molecule has 0 radical (unpaired) electrons. The first-order valence-corrected chi connectivity index (χ1v) is 11.1. The molecule has 2 rings (SSSR count). The number of halogens is 1. The molecule has 1 amide bonds. The fourth-order valence-corrected chi connectivity index (χ4v) is 3.80. The summed E-state index contributed by atoms with van der Waals surface area (Å²) in [5.41, 5.74) is 8.72. The molecule has 0 heterocycles. The second-order valence-electron chi connectivity index (χ2n) is 9.07. The number of nitrogens with zero attached hydrogens (tertiary/aromatic N) is 2. The van der Waals surface area contributed by atoms with Crippen LogP contribution in [0.25, 0.3) is 5.57 Å².